The molecule has 3 saturated carbocycles. The van der Waals surface area contributed by atoms with Crippen LogP contribution in [0.25, 0.3) is 6.08 Å². The van der Waals surface area contributed by atoms with Crippen molar-refractivity contribution in [3.05, 3.63) is 39.9 Å². The van der Waals surface area contributed by atoms with E-state index < -0.39 is 0 Å². The molecule has 0 N–H and O–H groups in total. The first-order chi connectivity index (χ1) is 8.24. The summed E-state index contributed by atoms with van der Waals surface area (Å²) in [6.45, 7) is 0. The summed E-state index contributed by atoms with van der Waals surface area (Å²) in [5, 5.41) is 0. The molecule has 0 unspecified atom stereocenters. The summed E-state index contributed by atoms with van der Waals surface area (Å²) in [5.41, 5.74) is 2.22. The predicted octanol–water partition coefficient (Wildman–Crippen LogP) is 4.22. The molecule has 1 nitrogen and oxygen atoms in total. The molecule has 1 aromatic rings. The number of hydrogen-bond acceptors (Lipinski definition) is 1. The molecule has 2 bridgehead atoms. The largest absolute Gasteiger partial charge is 0.294 e. The monoisotopic (exact) mass is 290 g/mol. The van der Waals surface area contributed by atoms with Crippen molar-refractivity contribution in [3.8, 4) is 0 Å². The van der Waals surface area contributed by atoms with Gasteiger partial charge in [-0.15, -0.1) is 0 Å². The fraction of sp³-hybridized carbons (Fsp3) is 0.400. The molecule has 0 atom stereocenters. The number of benzene rings is 1. The number of carbonyl (C=O) groups is 1. The Hall–Kier alpha value is -0.890. The normalized spacial score (nSPS) is 29.9. The van der Waals surface area contributed by atoms with Gasteiger partial charge in [-0.25, -0.2) is 0 Å². The molecule has 3 fully saturated rings. The summed E-state index contributed by atoms with van der Waals surface area (Å²) in [5.74, 6) is 1.26. The van der Waals surface area contributed by atoms with Crippen LogP contribution in [0.15, 0.2) is 34.3 Å². The Morgan fingerprint density at radius 3 is 2.18 bits per heavy atom. The van der Waals surface area contributed by atoms with Gasteiger partial charge in [-0.05, 0) is 60.9 Å². The molecular formula is C15H15BrO. The number of Topliss-reactive ketones (excluding diaryl/α,β-unsaturated/α-hetero) is 1. The standard InChI is InChI=1S/C15H15BrO/c16-13-7-1-10(2-8-13)9-14-11-3-5-12(6-4-11)15(14)17/h1-2,7-9,11-12H,3-6H2/b14-9-. The van der Waals surface area contributed by atoms with Crippen LogP contribution in [0, 0.1) is 11.8 Å². The Bertz CT molecular complexity index is 464. The van der Waals surface area contributed by atoms with E-state index in [9.17, 15) is 4.79 Å². The van der Waals surface area contributed by atoms with Crippen molar-refractivity contribution >= 4 is 27.8 Å². The van der Waals surface area contributed by atoms with Crippen LogP contribution < -0.4 is 0 Å². The molecule has 0 aromatic heterocycles. The number of fused-ring (bicyclic) bond motifs is 3. The lowest BCUT2D eigenvalue weighted by Crippen LogP contribution is -2.33. The molecule has 0 saturated heterocycles. The van der Waals surface area contributed by atoms with E-state index in [1.54, 1.807) is 0 Å². The summed E-state index contributed by atoms with van der Waals surface area (Å²) >= 11 is 3.43. The zero-order chi connectivity index (χ0) is 11.8. The Morgan fingerprint density at radius 1 is 1.00 bits per heavy atom. The van der Waals surface area contributed by atoms with Gasteiger partial charge in [0.2, 0.25) is 0 Å². The van der Waals surface area contributed by atoms with Gasteiger partial charge in [0.05, 0.1) is 0 Å². The summed E-state index contributed by atoms with van der Waals surface area (Å²) in [7, 11) is 0. The molecule has 3 aliphatic carbocycles. The van der Waals surface area contributed by atoms with Crippen LogP contribution in [-0.4, -0.2) is 5.78 Å². The first-order valence-corrected chi connectivity index (χ1v) is 7.05. The third-order valence-electron chi connectivity index (χ3n) is 4.01. The van der Waals surface area contributed by atoms with E-state index in [-0.39, 0.29) is 0 Å². The maximum atomic E-state index is 12.2. The number of hydrogen-bond donors (Lipinski definition) is 0. The molecule has 4 rings (SSSR count). The molecule has 0 radical (unpaired) electrons. The van der Waals surface area contributed by atoms with E-state index in [0.717, 1.165) is 28.5 Å². The minimum Gasteiger partial charge on any atom is -0.294 e. The van der Waals surface area contributed by atoms with Gasteiger partial charge in [0, 0.05) is 10.4 Å². The van der Waals surface area contributed by atoms with Gasteiger partial charge in [-0.3, -0.25) is 4.79 Å². The average molecular weight is 291 g/mol. The second kappa shape index (κ2) is 4.41. The topological polar surface area (TPSA) is 17.1 Å². The number of allylic oxidation sites excluding steroid dienone is 1. The Kier molecular flexibility index (Phi) is 2.91. The predicted molar refractivity (Wildman–Crippen MR) is 72.6 cm³/mol. The van der Waals surface area contributed by atoms with Crippen molar-refractivity contribution in [1.29, 1.82) is 0 Å². The van der Waals surface area contributed by atoms with Gasteiger partial charge >= 0.3 is 0 Å². The number of halogens is 1. The minimum atomic E-state index is 0.321. The lowest BCUT2D eigenvalue weighted by molar-refractivity contribution is -0.123. The van der Waals surface area contributed by atoms with Crippen LogP contribution in [-0.2, 0) is 4.79 Å². The Labute approximate surface area is 110 Å². The van der Waals surface area contributed by atoms with Gasteiger partial charge in [0.1, 0.15) is 0 Å². The first-order valence-electron chi connectivity index (χ1n) is 6.25. The molecule has 0 amide bonds. The van der Waals surface area contributed by atoms with Crippen molar-refractivity contribution in [3.63, 3.8) is 0 Å². The van der Waals surface area contributed by atoms with Crippen LogP contribution in [0.3, 0.4) is 0 Å². The highest BCUT2D eigenvalue weighted by molar-refractivity contribution is 9.10. The van der Waals surface area contributed by atoms with E-state index in [2.05, 4.69) is 34.1 Å². The van der Waals surface area contributed by atoms with Crippen molar-refractivity contribution in [1.82, 2.24) is 0 Å². The average Bonchev–Trinajstić information content (AvgIpc) is 2.37. The van der Waals surface area contributed by atoms with Crippen molar-refractivity contribution in [2.45, 2.75) is 25.7 Å². The first kappa shape index (κ1) is 11.2. The van der Waals surface area contributed by atoms with Crippen molar-refractivity contribution in [2.24, 2.45) is 11.8 Å². The highest BCUT2D eigenvalue weighted by Crippen LogP contribution is 2.42. The second-order valence-corrected chi connectivity index (χ2v) is 5.98. The Morgan fingerprint density at radius 2 is 1.59 bits per heavy atom. The van der Waals surface area contributed by atoms with E-state index in [1.165, 1.54) is 12.8 Å². The molecule has 0 aliphatic heterocycles. The molecule has 3 aliphatic rings. The molecule has 88 valence electrons. The van der Waals surface area contributed by atoms with Crippen LogP contribution in [0.5, 0.6) is 0 Å². The molecular weight excluding hydrogens is 276 g/mol. The van der Waals surface area contributed by atoms with Gasteiger partial charge in [-0.2, -0.15) is 0 Å². The van der Waals surface area contributed by atoms with Gasteiger partial charge in [0.15, 0.2) is 5.78 Å². The minimum absolute atomic E-state index is 0.321. The van der Waals surface area contributed by atoms with Crippen LogP contribution in [0.2, 0.25) is 0 Å². The van der Waals surface area contributed by atoms with E-state index >= 15 is 0 Å². The van der Waals surface area contributed by atoms with Gasteiger partial charge < -0.3 is 0 Å². The third kappa shape index (κ3) is 2.11. The maximum Gasteiger partial charge on any atom is 0.162 e. The van der Waals surface area contributed by atoms with E-state index in [1.807, 2.05) is 12.1 Å². The third-order valence-corrected chi connectivity index (χ3v) is 4.54. The number of rotatable bonds is 1. The van der Waals surface area contributed by atoms with Crippen LogP contribution in [0.1, 0.15) is 31.2 Å². The smallest absolute Gasteiger partial charge is 0.162 e. The van der Waals surface area contributed by atoms with Crippen LogP contribution >= 0.6 is 15.9 Å². The number of carbonyl (C=O) groups excluding carboxylic acids is 1. The summed E-state index contributed by atoms with van der Waals surface area (Å²) < 4.78 is 1.08. The quantitative estimate of drug-likeness (QED) is 0.708. The van der Waals surface area contributed by atoms with E-state index in [4.69, 9.17) is 0 Å². The summed E-state index contributed by atoms with van der Waals surface area (Å²) in [4.78, 5) is 12.2. The van der Waals surface area contributed by atoms with Gasteiger partial charge in [0.25, 0.3) is 0 Å². The molecule has 0 heterocycles. The molecule has 2 heteroatoms. The highest BCUT2D eigenvalue weighted by Gasteiger charge is 2.37. The lowest BCUT2D eigenvalue weighted by Gasteiger charge is -2.36. The van der Waals surface area contributed by atoms with Crippen molar-refractivity contribution in [2.75, 3.05) is 0 Å². The Balaban J connectivity index is 1.93. The molecule has 17 heavy (non-hydrogen) atoms. The summed E-state index contributed by atoms with van der Waals surface area (Å²) in [6, 6.07) is 8.18. The second-order valence-electron chi connectivity index (χ2n) is 5.06. The zero-order valence-electron chi connectivity index (χ0n) is 9.66. The van der Waals surface area contributed by atoms with Crippen molar-refractivity contribution < 1.29 is 4.79 Å². The zero-order valence-corrected chi connectivity index (χ0v) is 11.2. The fourth-order valence-corrected chi connectivity index (χ4v) is 3.30. The fourth-order valence-electron chi connectivity index (χ4n) is 3.03. The molecule has 0 spiro atoms. The number of ketones is 1. The SMILES string of the molecule is O=C1/C(=C\c2ccc(Br)cc2)C2CCC1CC2. The maximum absolute atomic E-state index is 12.2. The van der Waals surface area contributed by atoms with Crippen LogP contribution in [0.4, 0.5) is 0 Å². The lowest BCUT2D eigenvalue weighted by atomic mass is 9.67. The van der Waals surface area contributed by atoms with Gasteiger partial charge in [-0.1, -0.05) is 28.1 Å². The van der Waals surface area contributed by atoms with E-state index in [0.29, 0.717) is 17.6 Å². The molecule has 1 aromatic carbocycles. The summed E-state index contributed by atoms with van der Waals surface area (Å²) in [6.07, 6.45) is 6.74. The highest BCUT2D eigenvalue weighted by atomic mass is 79.9.